The maximum absolute atomic E-state index is 11.1. The van der Waals surface area contributed by atoms with Crippen LogP contribution in [0.4, 0.5) is 0 Å². The molecule has 5 nitrogen and oxygen atoms in total. The van der Waals surface area contributed by atoms with Gasteiger partial charge in [0.25, 0.3) is 0 Å². The van der Waals surface area contributed by atoms with Crippen molar-refractivity contribution in [2.45, 2.75) is 51.0 Å². The van der Waals surface area contributed by atoms with E-state index in [1.54, 1.807) is 13.3 Å². The molecule has 1 saturated heterocycles. The maximum Gasteiger partial charge on any atom is 0.119 e. The van der Waals surface area contributed by atoms with Crippen LogP contribution in [-0.2, 0) is 6.42 Å². The normalized spacial score (nSPS) is 17.2. The molecule has 0 bridgehead atoms. The molecule has 1 aliphatic heterocycles. The number of hydrogen-bond donors (Lipinski definition) is 2. The first-order chi connectivity index (χ1) is 16.5. The Labute approximate surface area is 211 Å². The van der Waals surface area contributed by atoms with Crippen LogP contribution in [0.1, 0.15) is 55.1 Å². The summed E-state index contributed by atoms with van der Waals surface area (Å²) in [4.78, 5) is 8.38. The van der Waals surface area contributed by atoms with Crippen molar-refractivity contribution < 1.29 is 14.9 Å². The molecule has 0 amide bonds. The molecule has 2 N–H and O–H groups in total. The van der Waals surface area contributed by atoms with E-state index in [1.807, 2.05) is 29.5 Å². The van der Waals surface area contributed by atoms with Gasteiger partial charge >= 0.3 is 0 Å². The van der Waals surface area contributed by atoms with E-state index in [2.05, 4.69) is 27.4 Å². The summed E-state index contributed by atoms with van der Waals surface area (Å²) in [5.41, 5.74) is 1.34. The minimum atomic E-state index is -0.719. The van der Waals surface area contributed by atoms with Gasteiger partial charge in [0.1, 0.15) is 5.75 Å². The topological polar surface area (TPSA) is 65.8 Å². The number of rotatable bonds is 11. The van der Waals surface area contributed by atoms with Crippen molar-refractivity contribution in [1.82, 2.24) is 9.88 Å². The number of unbranched alkanes of at least 4 members (excludes halogenated alkanes) is 1. The number of nitrogens with zero attached hydrogens (tertiary/aromatic N) is 2. The van der Waals surface area contributed by atoms with Crippen molar-refractivity contribution in [3.8, 4) is 5.75 Å². The Morgan fingerprint density at radius 3 is 2.76 bits per heavy atom. The van der Waals surface area contributed by atoms with E-state index in [9.17, 15) is 10.2 Å². The third-order valence-electron chi connectivity index (χ3n) is 7.33. The number of methoxy groups -OCH3 is 1. The summed E-state index contributed by atoms with van der Waals surface area (Å²) in [6.07, 6.45) is 7.72. The Balaban J connectivity index is 1.31. The Kier molecular flexibility index (Phi) is 8.83. The second kappa shape index (κ2) is 11.8. The Morgan fingerprint density at radius 1 is 1.24 bits per heavy atom. The zero-order valence-corrected chi connectivity index (χ0v) is 21.5. The van der Waals surface area contributed by atoms with E-state index in [4.69, 9.17) is 16.3 Å². The predicted molar refractivity (Wildman–Crippen MR) is 140 cm³/mol. The number of fused-ring (bicyclic) bond motifs is 1. The molecule has 1 aliphatic rings. The van der Waals surface area contributed by atoms with Gasteiger partial charge in [0, 0.05) is 28.6 Å². The van der Waals surface area contributed by atoms with Crippen LogP contribution in [0.25, 0.3) is 10.9 Å². The molecule has 1 fully saturated rings. The summed E-state index contributed by atoms with van der Waals surface area (Å²) >= 11 is 8.32. The van der Waals surface area contributed by atoms with E-state index < -0.39 is 6.10 Å². The van der Waals surface area contributed by atoms with Crippen LogP contribution in [0.5, 0.6) is 5.75 Å². The number of thiophene rings is 1. The van der Waals surface area contributed by atoms with Gasteiger partial charge in [0.2, 0.25) is 0 Å². The van der Waals surface area contributed by atoms with Crippen LogP contribution in [0.3, 0.4) is 0 Å². The monoisotopic (exact) mass is 502 g/mol. The fourth-order valence-electron chi connectivity index (χ4n) is 5.05. The molecule has 3 heterocycles. The average Bonchev–Trinajstić information content (AvgIpc) is 3.39. The lowest BCUT2D eigenvalue weighted by molar-refractivity contribution is 0.0233. The van der Waals surface area contributed by atoms with E-state index in [1.165, 1.54) is 24.1 Å². The third kappa shape index (κ3) is 6.10. The number of hydrogen-bond acceptors (Lipinski definition) is 6. The van der Waals surface area contributed by atoms with Crippen LogP contribution in [0, 0.1) is 5.41 Å². The van der Waals surface area contributed by atoms with Crippen molar-refractivity contribution in [3.63, 3.8) is 0 Å². The largest absolute Gasteiger partial charge is 0.497 e. The van der Waals surface area contributed by atoms with E-state index in [0.717, 1.165) is 49.8 Å². The summed E-state index contributed by atoms with van der Waals surface area (Å²) in [5.74, 6) is 0.708. The highest BCUT2D eigenvalue weighted by atomic mass is 35.5. The molecule has 0 unspecified atom stereocenters. The van der Waals surface area contributed by atoms with Crippen LogP contribution in [0.2, 0.25) is 5.02 Å². The molecule has 0 aliphatic carbocycles. The highest BCUT2D eigenvalue weighted by Gasteiger charge is 2.34. The van der Waals surface area contributed by atoms with E-state index >= 15 is 0 Å². The number of ether oxygens (including phenoxy) is 1. The summed E-state index contributed by atoms with van der Waals surface area (Å²) in [6, 6.07) is 9.96. The van der Waals surface area contributed by atoms with Crippen molar-refractivity contribution >= 4 is 33.8 Å². The first-order valence-electron chi connectivity index (χ1n) is 12.2. The molecular weight excluding hydrogens is 468 g/mol. The minimum absolute atomic E-state index is 0.137. The molecule has 0 saturated carbocycles. The number of likely N-dealkylation sites (tertiary alicyclic amines) is 1. The number of aliphatic hydroxyl groups excluding tert-OH is 2. The van der Waals surface area contributed by atoms with Gasteiger partial charge in [-0.05, 0) is 99.6 Å². The van der Waals surface area contributed by atoms with Crippen molar-refractivity contribution in [2.75, 3.05) is 33.4 Å². The molecule has 184 valence electrons. The fourth-order valence-corrected chi connectivity index (χ4v) is 6.08. The number of aliphatic hydroxyl groups is 2. The molecule has 3 aromatic rings. The molecule has 7 heteroatoms. The summed E-state index contributed by atoms with van der Waals surface area (Å²) in [7, 11) is 1.62. The summed E-state index contributed by atoms with van der Waals surface area (Å²) in [5, 5.41) is 24.8. The smallest absolute Gasteiger partial charge is 0.119 e. The lowest BCUT2D eigenvalue weighted by atomic mass is 9.74. The zero-order valence-electron chi connectivity index (χ0n) is 19.9. The number of benzene rings is 1. The summed E-state index contributed by atoms with van der Waals surface area (Å²) < 4.78 is 5.36. The maximum atomic E-state index is 11.1. The average molecular weight is 503 g/mol. The standard InChI is InChI=1S/C27H35ClN2O3S/c1-33-20-7-8-24-22(17-20)26(23(28)18-29-24)25(32)9-10-27(19-31)11-14-30(15-12-27)13-3-2-5-21-6-4-16-34-21/h4,6-8,16-18,25,31-32H,2-3,5,9-15,19H2,1H3/t25-/m0/s1. The van der Waals surface area contributed by atoms with Crippen LogP contribution in [-0.4, -0.2) is 53.4 Å². The third-order valence-corrected chi connectivity index (χ3v) is 8.57. The molecule has 4 rings (SSSR count). The van der Waals surface area contributed by atoms with Gasteiger partial charge in [0.15, 0.2) is 0 Å². The molecule has 1 aromatic carbocycles. The predicted octanol–water partition coefficient (Wildman–Crippen LogP) is 5.87. The van der Waals surface area contributed by atoms with Crippen molar-refractivity contribution in [3.05, 3.63) is 57.4 Å². The van der Waals surface area contributed by atoms with E-state index in [-0.39, 0.29) is 12.0 Å². The lowest BCUT2D eigenvalue weighted by Crippen LogP contribution is -2.42. The highest BCUT2D eigenvalue weighted by Crippen LogP contribution is 2.40. The summed E-state index contributed by atoms with van der Waals surface area (Å²) in [6.45, 7) is 3.29. The fraction of sp³-hybridized carbons (Fsp3) is 0.519. The van der Waals surface area contributed by atoms with Gasteiger partial charge in [0.05, 0.1) is 23.8 Å². The van der Waals surface area contributed by atoms with Gasteiger partial charge in [-0.1, -0.05) is 17.7 Å². The Hall–Kier alpha value is -1.70. The van der Waals surface area contributed by atoms with E-state index in [0.29, 0.717) is 22.8 Å². The quantitative estimate of drug-likeness (QED) is 0.321. The number of piperidine rings is 1. The minimum Gasteiger partial charge on any atom is -0.497 e. The number of aromatic nitrogens is 1. The Morgan fingerprint density at radius 2 is 2.06 bits per heavy atom. The van der Waals surface area contributed by atoms with Gasteiger partial charge in [-0.3, -0.25) is 4.98 Å². The molecule has 0 radical (unpaired) electrons. The first-order valence-corrected chi connectivity index (χ1v) is 13.5. The van der Waals surface area contributed by atoms with Crippen LogP contribution in [0.15, 0.2) is 41.9 Å². The number of halogens is 1. The lowest BCUT2D eigenvalue weighted by Gasteiger charge is -2.41. The molecule has 2 aromatic heterocycles. The Bertz CT molecular complexity index is 1050. The van der Waals surface area contributed by atoms with Crippen molar-refractivity contribution in [1.29, 1.82) is 0 Å². The highest BCUT2D eigenvalue weighted by molar-refractivity contribution is 7.09. The molecule has 34 heavy (non-hydrogen) atoms. The number of aryl methyl sites for hydroxylation is 1. The molecular formula is C27H35ClN2O3S. The number of pyridine rings is 1. The van der Waals surface area contributed by atoms with Crippen molar-refractivity contribution in [2.24, 2.45) is 5.41 Å². The van der Waals surface area contributed by atoms with Gasteiger partial charge in [-0.2, -0.15) is 0 Å². The second-order valence-electron chi connectivity index (χ2n) is 9.49. The van der Waals surface area contributed by atoms with Crippen LogP contribution < -0.4 is 4.74 Å². The first kappa shape index (κ1) is 25.4. The van der Waals surface area contributed by atoms with Gasteiger partial charge in [-0.25, -0.2) is 0 Å². The van der Waals surface area contributed by atoms with Gasteiger partial charge in [-0.15, -0.1) is 11.3 Å². The van der Waals surface area contributed by atoms with Gasteiger partial charge < -0.3 is 19.8 Å². The second-order valence-corrected chi connectivity index (χ2v) is 10.9. The van der Waals surface area contributed by atoms with Crippen LogP contribution >= 0.6 is 22.9 Å². The molecule has 0 spiro atoms. The SMILES string of the molecule is COc1ccc2ncc(Cl)c([C@@H](O)CCC3(CO)CCN(CCCCc4cccs4)CC3)c2c1. The molecule has 1 atom stereocenters. The zero-order chi connectivity index (χ0) is 24.0.